The first-order chi connectivity index (χ1) is 24.9. The minimum atomic E-state index is -1.31. The molecule has 0 fully saturated rings. The van der Waals surface area contributed by atoms with Crippen LogP contribution in [0.3, 0.4) is 0 Å². The summed E-state index contributed by atoms with van der Waals surface area (Å²) >= 11 is 0. The van der Waals surface area contributed by atoms with Gasteiger partial charge in [-0.2, -0.15) is 0 Å². The molecule has 1 radical (unpaired) electrons. The molecular weight excluding hydrogens is 848 g/mol. The average Bonchev–Trinajstić information content (AvgIpc) is 3.51. The smallest absolute Gasteiger partial charge is 0.121 e. The Bertz CT molecular complexity index is 2540. The number of fused-ring (bicyclic) bond motifs is 4. The third-order valence-corrected chi connectivity index (χ3v) is 11.4. The van der Waals surface area contributed by atoms with Crippen molar-refractivity contribution in [2.75, 3.05) is 0 Å². The Morgan fingerprint density at radius 1 is 0.736 bits per heavy atom. The summed E-state index contributed by atoms with van der Waals surface area (Å²) in [5.41, 5.74) is 10.2. The van der Waals surface area contributed by atoms with Crippen LogP contribution in [-0.4, -0.2) is 18.0 Å². The second kappa shape index (κ2) is 15.3. The van der Waals surface area contributed by atoms with E-state index in [0.717, 1.165) is 45.3 Å². The molecule has 269 valence electrons. The number of hydrogen-bond acceptors (Lipinski definition) is 3. The number of aryl methyl sites for hydroxylation is 1. The minimum Gasteiger partial charge on any atom is -0.501 e. The zero-order valence-electron chi connectivity index (χ0n) is 31.3. The summed E-state index contributed by atoms with van der Waals surface area (Å²) in [5.74, 6) is -0.255. The maximum Gasteiger partial charge on any atom is 0.121 e. The van der Waals surface area contributed by atoms with E-state index in [1.54, 1.807) is 6.07 Å². The Labute approximate surface area is 326 Å². The van der Waals surface area contributed by atoms with E-state index in [9.17, 15) is 4.39 Å². The largest absolute Gasteiger partial charge is 0.501 e. The first-order valence-electron chi connectivity index (χ1n) is 17.8. The van der Waals surface area contributed by atoms with Gasteiger partial charge in [-0.25, -0.2) is 4.39 Å². The summed E-state index contributed by atoms with van der Waals surface area (Å²) in [7, 11) is -1.31. The standard InChI is InChI=1S/C33H28NO.C14H15FNSi.Ir/c1-21-20-34-29(18-23(21)19-33(2,3)4)27-15-8-16-28-31-26(14-9-17-30(31)35-32(27)28)25-13-7-11-22-10-5-6-12-24(22)25;1-17(2,3)13-7-8-14(16-10-13)11-5-4-6-12(15)9-11;/h5-14,16-18,20H,19H2,1-4H3;4,6-10H,1-3H3;/q2*-1;. The SMILES string of the molecule is C[Si](C)(C)c1ccc(-c2[c-]ccc(F)c2)nc1.Cc1cnc(-c2[c-]ccc3c2oc2cccc(-c4cccc5ccccc45)c23)cc1CC(C)(C)C.[Ir]. The van der Waals surface area contributed by atoms with E-state index in [1.165, 1.54) is 50.3 Å². The van der Waals surface area contributed by atoms with E-state index in [4.69, 9.17) is 9.40 Å². The third kappa shape index (κ3) is 8.26. The van der Waals surface area contributed by atoms with Gasteiger partial charge in [-0.05, 0) is 68.9 Å². The molecule has 3 heterocycles. The molecule has 0 N–H and O–H groups in total. The fourth-order valence-corrected chi connectivity index (χ4v) is 7.75. The van der Waals surface area contributed by atoms with Gasteiger partial charge in [0.25, 0.3) is 0 Å². The Kier molecular flexibility index (Phi) is 11.0. The molecular formula is C47H43FIrN2OSi-2. The number of benzene rings is 5. The summed E-state index contributed by atoms with van der Waals surface area (Å²) < 4.78 is 19.6. The van der Waals surface area contributed by atoms with Gasteiger partial charge >= 0.3 is 0 Å². The van der Waals surface area contributed by atoms with Gasteiger partial charge in [-0.1, -0.05) is 130 Å². The minimum absolute atomic E-state index is 0. The molecule has 0 atom stereocenters. The molecule has 8 rings (SSSR count). The number of nitrogens with zero attached hydrogens (tertiary/aromatic N) is 2. The van der Waals surface area contributed by atoms with E-state index < -0.39 is 8.07 Å². The van der Waals surface area contributed by atoms with Crippen molar-refractivity contribution in [3.63, 3.8) is 0 Å². The molecule has 0 bridgehead atoms. The summed E-state index contributed by atoms with van der Waals surface area (Å²) in [6, 6.07) is 42.6. The number of rotatable bonds is 5. The second-order valence-corrected chi connectivity index (χ2v) is 20.8. The maximum absolute atomic E-state index is 13.1. The van der Waals surface area contributed by atoms with Crippen LogP contribution in [0.4, 0.5) is 4.39 Å². The number of aromatic nitrogens is 2. The number of halogens is 1. The van der Waals surface area contributed by atoms with Crippen molar-refractivity contribution < 1.29 is 28.9 Å². The first kappa shape index (κ1) is 38.0. The van der Waals surface area contributed by atoms with Crippen LogP contribution in [0.25, 0.3) is 66.4 Å². The summed E-state index contributed by atoms with van der Waals surface area (Å²) in [5, 5.41) is 6.01. The summed E-state index contributed by atoms with van der Waals surface area (Å²) in [4.78, 5) is 9.18. The van der Waals surface area contributed by atoms with Crippen molar-refractivity contribution in [3.05, 3.63) is 151 Å². The Morgan fingerprint density at radius 2 is 1.45 bits per heavy atom. The van der Waals surface area contributed by atoms with Gasteiger partial charge in [0.2, 0.25) is 0 Å². The zero-order valence-corrected chi connectivity index (χ0v) is 34.7. The molecule has 0 aliphatic carbocycles. The monoisotopic (exact) mass is 891 g/mol. The molecule has 3 nitrogen and oxygen atoms in total. The topological polar surface area (TPSA) is 38.9 Å². The van der Waals surface area contributed by atoms with Crippen molar-refractivity contribution in [1.82, 2.24) is 9.97 Å². The fourth-order valence-electron chi connectivity index (χ4n) is 6.71. The van der Waals surface area contributed by atoms with Crippen LogP contribution >= 0.6 is 0 Å². The molecule has 8 aromatic rings. The molecule has 0 amide bonds. The van der Waals surface area contributed by atoms with Crippen LogP contribution in [0.5, 0.6) is 0 Å². The van der Waals surface area contributed by atoms with Crippen LogP contribution in [0.1, 0.15) is 31.9 Å². The average molecular weight is 891 g/mol. The van der Waals surface area contributed by atoms with Crippen molar-refractivity contribution in [2.24, 2.45) is 5.41 Å². The molecule has 0 aliphatic rings. The Morgan fingerprint density at radius 3 is 2.19 bits per heavy atom. The normalized spacial score (nSPS) is 11.7. The second-order valence-electron chi connectivity index (χ2n) is 15.7. The van der Waals surface area contributed by atoms with Crippen LogP contribution in [0.15, 0.2) is 126 Å². The molecule has 0 saturated carbocycles. The van der Waals surface area contributed by atoms with Crippen molar-refractivity contribution >= 4 is 46.0 Å². The predicted octanol–water partition coefficient (Wildman–Crippen LogP) is 12.4. The Balaban J connectivity index is 0.000000226. The van der Waals surface area contributed by atoms with Crippen molar-refractivity contribution in [1.29, 1.82) is 0 Å². The van der Waals surface area contributed by atoms with E-state index in [-0.39, 0.29) is 31.3 Å². The van der Waals surface area contributed by atoms with E-state index in [1.807, 2.05) is 24.5 Å². The van der Waals surface area contributed by atoms with Crippen LogP contribution in [0.2, 0.25) is 19.6 Å². The van der Waals surface area contributed by atoms with E-state index >= 15 is 0 Å². The summed E-state index contributed by atoms with van der Waals surface area (Å²) in [6.07, 6.45) is 4.88. The first-order valence-corrected chi connectivity index (χ1v) is 21.3. The number of pyridine rings is 2. The quantitative estimate of drug-likeness (QED) is 0.128. The number of hydrogen-bond donors (Lipinski definition) is 0. The van der Waals surface area contributed by atoms with Crippen LogP contribution < -0.4 is 5.19 Å². The molecule has 53 heavy (non-hydrogen) atoms. The van der Waals surface area contributed by atoms with Gasteiger partial charge in [0.1, 0.15) is 5.58 Å². The van der Waals surface area contributed by atoms with Crippen LogP contribution in [-0.2, 0) is 26.5 Å². The maximum atomic E-state index is 13.1. The zero-order chi connectivity index (χ0) is 36.6. The van der Waals surface area contributed by atoms with Gasteiger partial charge in [-0.15, -0.1) is 48.0 Å². The van der Waals surface area contributed by atoms with E-state index in [2.05, 4.69) is 143 Å². The van der Waals surface area contributed by atoms with Gasteiger partial charge in [0.15, 0.2) is 0 Å². The molecule has 0 saturated heterocycles. The molecule has 5 aromatic carbocycles. The molecule has 0 spiro atoms. The van der Waals surface area contributed by atoms with Crippen molar-refractivity contribution in [2.45, 2.75) is 53.8 Å². The molecule has 3 aromatic heterocycles. The molecule has 6 heteroatoms. The van der Waals surface area contributed by atoms with Crippen molar-refractivity contribution in [3.8, 4) is 33.6 Å². The number of furan rings is 1. The molecule has 0 unspecified atom stereocenters. The van der Waals surface area contributed by atoms with Crippen LogP contribution in [0, 0.1) is 30.3 Å². The predicted molar refractivity (Wildman–Crippen MR) is 218 cm³/mol. The summed E-state index contributed by atoms with van der Waals surface area (Å²) in [6.45, 7) is 15.8. The third-order valence-electron chi connectivity index (χ3n) is 9.40. The molecule has 0 aliphatic heterocycles. The van der Waals surface area contributed by atoms with Gasteiger partial charge in [0.05, 0.1) is 13.7 Å². The van der Waals surface area contributed by atoms with Gasteiger partial charge < -0.3 is 14.4 Å². The fraction of sp³-hybridized carbons (Fsp3) is 0.191. The van der Waals surface area contributed by atoms with Gasteiger partial charge in [0, 0.05) is 43.7 Å². The van der Waals surface area contributed by atoms with E-state index in [0.29, 0.717) is 5.56 Å². The van der Waals surface area contributed by atoms with Gasteiger partial charge in [-0.3, -0.25) is 0 Å². The Hall–Kier alpha value is -4.74.